The number of aryl methyl sites for hydroxylation is 1. The van der Waals surface area contributed by atoms with Gasteiger partial charge in [-0.2, -0.15) is 0 Å². The Morgan fingerprint density at radius 3 is 2.92 bits per heavy atom. The van der Waals surface area contributed by atoms with Crippen molar-refractivity contribution < 1.29 is 9.18 Å². The van der Waals surface area contributed by atoms with Gasteiger partial charge < -0.3 is 10.3 Å². The molecule has 2 aromatic carbocycles. The molecule has 1 heterocycles. The van der Waals surface area contributed by atoms with Gasteiger partial charge in [0.25, 0.3) is 5.91 Å². The molecule has 0 bridgehead atoms. The zero-order valence-electron chi connectivity index (χ0n) is 12.9. The molecule has 1 unspecified atom stereocenters. The molecule has 1 aliphatic rings. The summed E-state index contributed by atoms with van der Waals surface area (Å²) in [5.74, 6) is -0.411. The van der Waals surface area contributed by atoms with Gasteiger partial charge in [-0.1, -0.05) is 23.7 Å². The first kappa shape index (κ1) is 15.2. The molecule has 0 aliphatic heterocycles. The predicted molar refractivity (Wildman–Crippen MR) is 93.0 cm³/mol. The number of H-pyrrole nitrogens is 1. The van der Waals surface area contributed by atoms with E-state index in [2.05, 4.69) is 10.3 Å². The fourth-order valence-electron chi connectivity index (χ4n) is 3.42. The van der Waals surface area contributed by atoms with Crippen LogP contribution >= 0.6 is 11.6 Å². The first-order valence-electron chi connectivity index (χ1n) is 7.96. The molecule has 122 valence electrons. The zero-order chi connectivity index (χ0) is 16.7. The molecule has 0 fully saturated rings. The van der Waals surface area contributed by atoms with E-state index < -0.39 is 0 Å². The predicted octanol–water partition coefficient (Wildman–Crippen LogP) is 4.25. The Hall–Kier alpha value is -2.33. The summed E-state index contributed by atoms with van der Waals surface area (Å²) in [6.07, 6.45) is 2.37. The minimum atomic E-state index is -0.244. The van der Waals surface area contributed by atoms with Crippen molar-refractivity contribution in [1.29, 1.82) is 0 Å². The lowest BCUT2D eigenvalue weighted by Crippen LogP contribution is -2.38. The molecule has 5 heteroatoms. The standard InChI is InChI=1S/C19H16ClFN2O/c20-16-4-2-1-3-13(16)19(24)22-12-6-8-18-15(10-12)14-9-11(21)5-7-17(14)23-18/h1-5,7,9,12,23H,6,8,10H2,(H,22,24). The molecule has 2 N–H and O–H groups in total. The van der Waals surface area contributed by atoms with Crippen LogP contribution in [0.1, 0.15) is 28.0 Å². The summed E-state index contributed by atoms with van der Waals surface area (Å²) in [4.78, 5) is 15.8. The van der Waals surface area contributed by atoms with Crippen molar-refractivity contribution in [3.63, 3.8) is 0 Å². The summed E-state index contributed by atoms with van der Waals surface area (Å²) in [6, 6.07) is 11.8. The van der Waals surface area contributed by atoms with Gasteiger partial charge in [-0.3, -0.25) is 4.79 Å². The number of rotatable bonds is 2. The summed E-state index contributed by atoms with van der Waals surface area (Å²) in [5, 5.41) is 4.40. The molecule has 0 spiro atoms. The highest BCUT2D eigenvalue weighted by molar-refractivity contribution is 6.33. The average molecular weight is 343 g/mol. The maximum atomic E-state index is 13.6. The number of nitrogens with one attached hydrogen (secondary N) is 2. The van der Waals surface area contributed by atoms with Crippen LogP contribution in [0.2, 0.25) is 5.02 Å². The molecule has 1 atom stereocenters. The molecule has 0 saturated carbocycles. The number of carbonyl (C=O) groups excluding carboxylic acids is 1. The average Bonchev–Trinajstić information content (AvgIpc) is 2.92. The number of amides is 1. The molecule has 3 nitrogen and oxygen atoms in total. The van der Waals surface area contributed by atoms with Gasteiger partial charge in [0, 0.05) is 22.6 Å². The van der Waals surface area contributed by atoms with Crippen LogP contribution in [-0.4, -0.2) is 16.9 Å². The van der Waals surface area contributed by atoms with Crippen molar-refractivity contribution in [2.45, 2.75) is 25.3 Å². The number of fused-ring (bicyclic) bond motifs is 3. The van der Waals surface area contributed by atoms with E-state index in [1.54, 1.807) is 36.4 Å². The highest BCUT2D eigenvalue weighted by Crippen LogP contribution is 2.30. The topological polar surface area (TPSA) is 44.9 Å². The maximum absolute atomic E-state index is 13.6. The Kier molecular flexibility index (Phi) is 3.77. The molecule has 1 aromatic heterocycles. The molecule has 1 amide bonds. The number of hydrogen-bond donors (Lipinski definition) is 2. The highest BCUT2D eigenvalue weighted by atomic mass is 35.5. The van der Waals surface area contributed by atoms with Gasteiger partial charge in [0.1, 0.15) is 5.82 Å². The van der Waals surface area contributed by atoms with Gasteiger partial charge >= 0.3 is 0 Å². The molecule has 1 aliphatic carbocycles. The van der Waals surface area contributed by atoms with E-state index in [-0.39, 0.29) is 17.8 Å². The Labute approximate surface area is 143 Å². The number of carbonyl (C=O) groups is 1. The van der Waals surface area contributed by atoms with E-state index in [9.17, 15) is 9.18 Å². The van der Waals surface area contributed by atoms with E-state index >= 15 is 0 Å². The fraction of sp³-hybridized carbons (Fsp3) is 0.211. The van der Waals surface area contributed by atoms with Gasteiger partial charge in [-0.05, 0) is 55.2 Å². The Balaban J connectivity index is 1.58. The molecule has 24 heavy (non-hydrogen) atoms. The van der Waals surface area contributed by atoms with Crippen molar-refractivity contribution >= 4 is 28.4 Å². The summed E-state index contributed by atoms with van der Waals surface area (Å²) in [5.41, 5.74) is 3.66. The number of aromatic amines is 1. The van der Waals surface area contributed by atoms with Gasteiger partial charge in [-0.25, -0.2) is 4.39 Å². The Bertz CT molecular complexity index is 934. The second-order valence-corrected chi connectivity index (χ2v) is 6.57. The quantitative estimate of drug-likeness (QED) is 0.718. The van der Waals surface area contributed by atoms with Crippen molar-refractivity contribution in [3.8, 4) is 0 Å². The Morgan fingerprint density at radius 1 is 1.25 bits per heavy atom. The lowest BCUT2D eigenvalue weighted by Gasteiger charge is -2.24. The summed E-state index contributed by atoms with van der Waals surface area (Å²) in [6.45, 7) is 0. The monoisotopic (exact) mass is 342 g/mol. The summed E-state index contributed by atoms with van der Waals surface area (Å²) in [7, 11) is 0. The zero-order valence-corrected chi connectivity index (χ0v) is 13.7. The molecule has 3 aromatic rings. The molecular formula is C19H16ClFN2O. The Morgan fingerprint density at radius 2 is 2.08 bits per heavy atom. The van der Waals surface area contributed by atoms with Crippen molar-refractivity contribution in [2.24, 2.45) is 0 Å². The van der Waals surface area contributed by atoms with E-state index in [0.717, 1.165) is 35.0 Å². The van der Waals surface area contributed by atoms with Crippen LogP contribution in [0.15, 0.2) is 42.5 Å². The van der Waals surface area contributed by atoms with Gasteiger partial charge in [0.2, 0.25) is 0 Å². The van der Waals surface area contributed by atoms with E-state index in [1.807, 2.05) is 0 Å². The van der Waals surface area contributed by atoms with Gasteiger partial charge in [0.05, 0.1) is 10.6 Å². The smallest absolute Gasteiger partial charge is 0.253 e. The van der Waals surface area contributed by atoms with Crippen LogP contribution < -0.4 is 5.32 Å². The minimum absolute atomic E-state index is 0.0172. The molecule has 0 radical (unpaired) electrons. The summed E-state index contributed by atoms with van der Waals surface area (Å²) >= 11 is 6.09. The third kappa shape index (κ3) is 2.67. The first-order chi connectivity index (χ1) is 11.6. The van der Waals surface area contributed by atoms with Crippen LogP contribution in [0.25, 0.3) is 10.9 Å². The van der Waals surface area contributed by atoms with E-state index in [1.165, 1.54) is 6.07 Å². The van der Waals surface area contributed by atoms with Crippen LogP contribution in [0.3, 0.4) is 0 Å². The second-order valence-electron chi connectivity index (χ2n) is 6.17. The van der Waals surface area contributed by atoms with Crippen molar-refractivity contribution in [3.05, 3.63) is 70.1 Å². The van der Waals surface area contributed by atoms with E-state index in [0.29, 0.717) is 17.0 Å². The van der Waals surface area contributed by atoms with Crippen LogP contribution in [0.5, 0.6) is 0 Å². The van der Waals surface area contributed by atoms with Crippen LogP contribution in [-0.2, 0) is 12.8 Å². The van der Waals surface area contributed by atoms with Crippen molar-refractivity contribution in [2.75, 3.05) is 0 Å². The molecule has 0 saturated heterocycles. The molecular weight excluding hydrogens is 327 g/mol. The third-order valence-corrected chi connectivity index (χ3v) is 4.93. The van der Waals surface area contributed by atoms with E-state index in [4.69, 9.17) is 11.6 Å². The highest BCUT2D eigenvalue weighted by Gasteiger charge is 2.24. The second kappa shape index (κ2) is 5.95. The molecule has 4 rings (SSSR count). The number of hydrogen-bond acceptors (Lipinski definition) is 1. The van der Waals surface area contributed by atoms with Crippen LogP contribution in [0.4, 0.5) is 4.39 Å². The minimum Gasteiger partial charge on any atom is -0.358 e. The number of aromatic nitrogens is 1. The largest absolute Gasteiger partial charge is 0.358 e. The van der Waals surface area contributed by atoms with Gasteiger partial charge in [0.15, 0.2) is 0 Å². The SMILES string of the molecule is O=C(NC1CCc2[nH]c3ccc(F)cc3c2C1)c1ccccc1Cl. The summed E-state index contributed by atoms with van der Waals surface area (Å²) < 4.78 is 13.6. The lowest BCUT2D eigenvalue weighted by molar-refractivity contribution is 0.0934. The van der Waals surface area contributed by atoms with Crippen LogP contribution in [0, 0.1) is 5.82 Å². The third-order valence-electron chi connectivity index (χ3n) is 4.60. The maximum Gasteiger partial charge on any atom is 0.253 e. The van der Waals surface area contributed by atoms with Gasteiger partial charge in [-0.15, -0.1) is 0 Å². The van der Waals surface area contributed by atoms with Crippen molar-refractivity contribution in [1.82, 2.24) is 10.3 Å². The first-order valence-corrected chi connectivity index (χ1v) is 8.34. The fourth-order valence-corrected chi connectivity index (χ4v) is 3.64. The number of benzene rings is 2. The number of halogens is 2. The normalized spacial score (nSPS) is 16.8. The lowest BCUT2D eigenvalue weighted by atomic mass is 9.91.